The van der Waals surface area contributed by atoms with Gasteiger partial charge in [-0.05, 0) is 82.9 Å². The minimum Gasteiger partial charge on any atom is -0.0905 e. The molecular formula is C43H34. The monoisotopic (exact) mass is 550 g/mol. The van der Waals surface area contributed by atoms with E-state index in [-0.39, 0.29) is 0 Å². The molecule has 0 aliphatic rings. The lowest BCUT2D eigenvalue weighted by atomic mass is 9.78. The lowest BCUT2D eigenvalue weighted by Crippen LogP contribution is -2.29. The normalized spacial score (nSPS) is 11.8. The molecule has 0 unspecified atom stereocenters. The lowest BCUT2D eigenvalue weighted by Gasteiger charge is -2.24. The number of rotatable bonds is 6. The van der Waals surface area contributed by atoms with E-state index < -0.39 is 0 Å². The Morgan fingerprint density at radius 2 is 0.791 bits per heavy atom. The third kappa shape index (κ3) is 4.66. The molecule has 206 valence electrons. The van der Waals surface area contributed by atoms with Gasteiger partial charge in [-0.1, -0.05) is 172 Å². The van der Waals surface area contributed by atoms with Crippen molar-refractivity contribution in [3.63, 3.8) is 0 Å². The van der Waals surface area contributed by atoms with Crippen LogP contribution in [0.1, 0.15) is 19.8 Å². The van der Waals surface area contributed by atoms with E-state index in [0.717, 1.165) is 18.1 Å². The highest BCUT2D eigenvalue weighted by atomic mass is 14.3. The van der Waals surface area contributed by atoms with Crippen LogP contribution in [-0.2, 0) is 0 Å². The van der Waals surface area contributed by atoms with Crippen molar-refractivity contribution in [3.8, 4) is 44.5 Å². The fourth-order valence-corrected chi connectivity index (χ4v) is 6.66. The number of hydrogen-bond acceptors (Lipinski definition) is 0. The van der Waals surface area contributed by atoms with E-state index in [1.54, 1.807) is 0 Å². The summed E-state index contributed by atoms with van der Waals surface area (Å²) in [5.74, 6) is 0. The SMILES string of the molecule is C=c1c(-c2ccccc2)c2c(-c3ccccc3)c3ccccc3c(-c3ccccc3)c2c(-c2ccccc2)/c1=C/CCC. The Kier molecular flexibility index (Phi) is 7.19. The molecule has 0 radical (unpaired) electrons. The van der Waals surface area contributed by atoms with Crippen molar-refractivity contribution in [2.24, 2.45) is 0 Å². The Balaban J connectivity index is 1.89. The Labute approximate surface area is 253 Å². The maximum Gasteiger partial charge on any atom is -0.000151 e. The van der Waals surface area contributed by atoms with Crippen LogP contribution in [0.2, 0.25) is 0 Å². The molecule has 0 amide bonds. The zero-order valence-corrected chi connectivity index (χ0v) is 24.6. The van der Waals surface area contributed by atoms with Gasteiger partial charge in [0.2, 0.25) is 0 Å². The highest BCUT2D eigenvalue weighted by Crippen LogP contribution is 2.48. The molecule has 0 heterocycles. The predicted molar refractivity (Wildman–Crippen MR) is 187 cm³/mol. The van der Waals surface area contributed by atoms with Gasteiger partial charge in [0.25, 0.3) is 0 Å². The maximum atomic E-state index is 4.87. The van der Waals surface area contributed by atoms with Crippen molar-refractivity contribution >= 4 is 34.2 Å². The molecule has 7 aromatic rings. The first-order valence-corrected chi connectivity index (χ1v) is 15.2. The molecule has 7 rings (SSSR count). The van der Waals surface area contributed by atoms with Crippen LogP contribution in [0.3, 0.4) is 0 Å². The molecule has 0 aromatic heterocycles. The van der Waals surface area contributed by atoms with Crippen LogP contribution in [0.15, 0.2) is 146 Å². The summed E-state index contributed by atoms with van der Waals surface area (Å²) < 4.78 is 0. The average molecular weight is 551 g/mol. The van der Waals surface area contributed by atoms with Gasteiger partial charge in [-0.2, -0.15) is 0 Å². The van der Waals surface area contributed by atoms with Crippen molar-refractivity contribution in [2.75, 3.05) is 0 Å². The maximum absolute atomic E-state index is 4.87. The molecule has 0 atom stereocenters. The van der Waals surface area contributed by atoms with E-state index in [4.69, 9.17) is 6.58 Å². The summed E-state index contributed by atoms with van der Waals surface area (Å²) in [6.45, 7) is 7.12. The number of hydrogen-bond donors (Lipinski definition) is 0. The Hall–Kier alpha value is -5.20. The van der Waals surface area contributed by atoms with E-state index in [9.17, 15) is 0 Å². The Morgan fingerprint density at radius 1 is 0.442 bits per heavy atom. The lowest BCUT2D eigenvalue weighted by molar-refractivity contribution is 0.991. The van der Waals surface area contributed by atoms with Gasteiger partial charge >= 0.3 is 0 Å². The molecule has 0 aliphatic heterocycles. The number of benzene rings is 7. The van der Waals surface area contributed by atoms with Crippen LogP contribution in [0.5, 0.6) is 0 Å². The van der Waals surface area contributed by atoms with Gasteiger partial charge in [0, 0.05) is 0 Å². The highest BCUT2D eigenvalue weighted by molar-refractivity contribution is 6.28. The fourth-order valence-electron chi connectivity index (χ4n) is 6.66. The Morgan fingerprint density at radius 3 is 1.21 bits per heavy atom. The molecule has 0 nitrogen and oxygen atoms in total. The number of fused-ring (bicyclic) bond motifs is 2. The molecule has 0 saturated carbocycles. The quantitative estimate of drug-likeness (QED) is 0.181. The topological polar surface area (TPSA) is 0 Å². The van der Waals surface area contributed by atoms with Crippen molar-refractivity contribution in [1.82, 2.24) is 0 Å². The predicted octanol–water partition coefficient (Wildman–Crippen LogP) is 10.7. The summed E-state index contributed by atoms with van der Waals surface area (Å²) in [7, 11) is 0. The van der Waals surface area contributed by atoms with E-state index >= 15 is 0 Å². The van der Waals surface area contributed by atoms with E-state index in [0.29, 0.717) is 0 Å². The smallest absolute Gasteiger partial charge is 0.000151 e. The van der Waals surface area contributed by atoms with Crippen LogP contribution in [0.25, 0.3) is 78.7 Å². The molecular weight excluding hydrogens is 516 g/mol. The van der Waals surface area contributed by atoms with Gasteiger partial charge < -0.3 is 0 Å². The van der Waals surface area contributed by atoms with Crippen LogP contribution < -0.4 is 10.4 Å². The summed E-state index contributed by atoms with van der Waals surface area (Å²) in [6.07, 6.45) is 4.48. The largest absolute Gasteiger partial charge is 0.0905 e. The summed E-state index contributed by atoms with van der Waals surface area (Å²) in [6, 6.07) is 52.5. The van der Waals surface area contributed by atoms with Gasteiger partial charge in [0.05, 0.1) is 0 Å². The molecule has 0 heteroatoms. The van der Waals surface area contributed by atoms with Gasteiger partial charge in [-0.15, -0.1) is 0 Å². The van der Waals surface area contributed by atoms with Crippen LogP contribution in [0.4, 0.5) is 0 Å². The van der Waals surface area contributed by atoms with E-state index in [1.165, 1.54) is 71.3 Å². The van der Waals surface area contributed by atoms with E-state index in [2.05, 4.69) is 159 Å². The first kappa shape index (κ1) is 26.7. The zero-order valence-electron chi connectivity index (χ0n) is 24.6. The second kappa shape index (κ2) is 11.6. The summed E-state index contributed by atoms with van der Waals surface area (Å²) in [5, 5.41) is 7.36. The third-order valence-electron chi connectivity index (χ3n) is 8.50. The summed E-state index contributed by atoms with van der Waals surface area (Å²) in [4.78, 5) is 0. The molecule has 0 saturated heterocycles. The van der Waals surface area contributed by atoms with Gasteiger partial charge in [-0.3, -0.25) is 0 Å². The van der Waals surface area contributed by atoms with Crippen molar-refractivity contribution in [2.45, 2.75) is 19.8 Å². The molecule has 0 bridgehead atoms. The molecule has 0 fully saturated rings. The zero-order chi connectivity index (χ0) is 29.2. The second-order valence-electron chi connectivity index (χ2n) is 11.1. The first-order chi connectivity index (χ1) is 21.3. The van der Waals surface area contributed by atoms with Gasteiger partial charge in [0.15, 0.2) is 0 Å². The van der Waals surface area contributed by atoms with Crippen molar-refractivity contribution in [1.29, 1.82) is 0 Å². The van der Waals surface area contributed by atoms with Crippen LogP contribution in [-0.4, -0.2) is 0 Å². The average Bonchev–Trinajstić information content (AvgIpc) is 3.08. The van der Waals surface area contributed by atoms with Gasteiger partial charge in [0.1, 0.15) is 0 Å². The Bertz CT molecular complexity index is 2160. The molecule has 0 spiro atoms. The molecule has 43 heavy (non-hydrogen) atoms. The van der Waals surface area contributed by atoms with Crippen molar-refractivity contribution < 1.29 is 0 Å². The molecule has 0 aliphatic carbocycles. The third-order valence-corrected chi connectivity index (χ3v) is 8.50. The standard InChI is InChI=1S/C43H34/c1-3-4-27-35-30(2)38(31-19-9-5-10-20-31)42-40(33-23-13-7-14-24-33)36-28-17-18-29-37(36)41(34-25-15-8-16-26-34)43(42)39(35)32-21-11-6-12-22-32/h5-29H,2-4H2,1H3/b35-27+. The number of unbranched alkanes of at least 4 members (excludes halogenated alkanes) is 1. The van der Waals surface area contributed by atoms with Crippen LogP contribution in [0, 0.1) is 0 Å². The van der Waals surface area contributed by atoms with E-state index in [1.807, 2.05) is 0 Å². The fraction of sp³-hybridized carbons (Fsp3) is 0.0698. The second-order valence-corrected chi connectivity index (χ2v) is 11.1. The van der Waals surface area contributed by atoms with Crippen LogP contribution >= 0.6 is 0 Å². The minimum absolute atomic E-state index is 0.988. The van der Waals surface area contributed by atoms with Gasteiger partial charge in [-0.25, -0.2) is 0 Å². The van der Waals surface area contributed by atoms with Crippen molar-refractivity contribution in [3.05, 3.63) is 156 Å². The first-order valence-electron chi connectivity index (χ1n) is 15.2. The minimum atomic E-state index is 0.988. The molecule has 0 N–H and O–H groups in total. The highest BCUT2D eigenvalue weighted by Gasteiger charge is 2.24. The summed E-state index contributed by atoms with van der Waals surface area (Å²) in [5.41, 5.74) is 9.83. The summed E-state index contributed by atoms with van der Waals surface area (Å²) >= 11 is 0. The molecule has 7 aromatic carbocycles.